The van der Waals surface area contributed by atoms with Crippen LogP contribution >= 0.6 is 0 Å². The van der Waals surface area contributed by atoms with Crippen molar-refractivity contribution in [3.05, 3.63) is 23.6 Å². The number of rotatable bonds is 4. The molecular weight excluding hydrogens is 384 g/mol. The lowest BCUT2D eigenvalue weighted by Gasteiger charge is -2.34. The molecule has 0 unspecified atom stereocenters. The van der Waals surface area contributed by atoms with E-state index < -0.39 is 0 Å². The van der Waals surface area contributed by atoms with E-state index in [-0.39, 0.29) is 29.7 Å². The summed E-state index contributed by atoms with van der Waals surface area (Å²) >= 11 is 0. The molecule has 160 valence electrons. The van der Waals surface area contributed by atoms with Crippen LogP contribution in [0.3, 0.4) is 0 Å². The van der Waals surface area contributed by atoms with E-state index in [2.05, 4.69) is 20.1 Å². The molecule has 2 atom stereocenters. The Hall–Kier alpha value is -2.84. The quantitative estimate of drug-likeness (QED) is 0.757. The summed E-state index contributed by atoms with van der Waals surface area (Å²) in [6, 6.07) is 0.120. The highest BCUT2D eigenvalue weighted by Gasteiger charge is 2.39. The molecule has 2 aromatic heterocycles. The number of hydrogen-bond acceptors (Lipinski definition) is 7. The molecule has 2 fully saturated rings. The number of nitrogens with zero attached hydrogens (tertiary/aromatic N) is 6. The molecule has 4 rings (SSSR count). The Morgan fingerprint density at radius 2 is 2.03 bits per heavy atom. The second-order valence-corrected chi connectivity index (χ2v) is 8.52. The maximum Gasteiger partial charge on any atom is 0.228 e. The van der Waals surface area contributed by atoms with Gasteiger partial charge in [-0.25, -0.2) is 9.97 Å². The van der Waals surface area contributed by atoms with Gasteiger partial charge in [-0.1, -0.05) is 5.16 Å². The van der Waals surface area contributed by atoms with E-state index in [1.54, 1.807) is 18.0 Å². The Balaban J connectivity index is 1.54. The van der Waals surface area contributed by atoms with Gasteiger partial charge in [0.2, 0.25) is 23.5 Å². The highest BCUT2D eigenvalue weighted by molar-refractivity contribution is 5.89. The Morgan fingerprint density at radius 3 is 2.70 bits per heavy atom. The SMILES string of the molecule is Cc1ncc(-c2noc(C)n2)c([C@@H]2CCCN(C(=O)[C@@H]3CC(=O)N(C(C)C)C3)C2)n1. The van der Waals surface area contributed by atoms with Crippen molar-refractivity contribution in [3.8, 4) is 11.4 Å². The molecule has 0 saturated carbocycles. The van der Waals surface area contributed by atoms with E-state index >= 15 is 0 Å². The minimum Gasteiger partial charge on any atom is -0.342 e. The summed E-state index contributed by atoms with van der Waals surface area (Å²) in [5.74, 6) is 1.57. The molecule has 2 aliphatic rings. The maximum atomic E-state index is 13.2. The molecule has 0 bridgehead atoms. The number of aryl methyl sites for hydroxylation is 2. The highest BCUT2D eigenvalue weighted by Crippen LogP contribution is 2.33. The molecule has 9 heteroatoms. The Morgan fingerprint density at radius 1 is 1.23 bits per heavy atom. The molecule has 30 heavy (non-hydrogen) atoms. The van der Waals surface area contributed by atoms with Crippen LogP contribution in [-0.2, 0) is 9.59 Å². The first kappa shape index (κ1) is 20.4. The van der Waals surface area contributed by atoms with Gasteiger partial charge in [0.05, 0.1) is 17.2 Å². The fourth-order valence-electron chi connectivity index (χ4n) is 4.43. The monoisotopic (exact) mass is 412 g/mol. The highest BCUT2D eigenvalue weighted by atomic mass is 16.5. The van der Waals surface area contributed by atoms with Gasteiger partial charge in [-0.3, -0.25) is 9.59 Å². The topological polar surface area (TPSA) is 105 Å². The largest absolute Gasteiger partial charge is 0.342 e. The van der Waals surface area contributed by atoms with E-state index in [1.807, 2.05) is 25.7 Å². The Kier molecular flexibility index (Phi) is 5.53. The van der Waals surface area contributed by atoms with Crippen molar-refractivity contribution in [1.29, 1.82) is 0 Å². The van der Waals surface area contributed by atoms with E-state index in [9.17, 15) is 9.59 Å². The molecule has 0 spiro atoms. The lowest BCUT2D eigenvalue weighted by molar-refractivity contribution is -0.137. The van der Waals surface area contributed by atoms with Gasteiger partial charge >= 0.3 is 0 Å². The van der Waals surface area contributed by atoms with Crippen LogP contribution in [0.4, 0.5) is 0 Å². The van der Waals surface area contributed by atoms with Gasteiger partial charge in [0, 0.05) is 51.1 Å². The van der Waals surface area contributed by atoms with Crippen LogP contribution in [0.1, 0.15) is 56.4 Å². The van der Waals surface area contributed by atoms with Gasteiger partial charge in [0.25, 0.3) is 0 Å². The van der Waals surface area contributed by atoms with Crippen LogP contribution in [0.25, 0.3) is 11.4 Å². The van der Waals surface area contributed by atoms with Crippen LogP contribution in [0.5, 0.6) is 0 Å². The molecule has 2 aromatic rings. The molecule has 2 saturated heterocycles. The fourth-order valence-corrected chi connectivity index (χ4v) is 4.43. The fraction of sp³-hybridized carbons (Fsp3) is 0.619. The second kappa shape index (κ2) is 8.12. The van der Waals surface area contributed by atoms with E-state index in [1.165, 1.54) is 0 Å². The van der Waals surface area contributed by atoms with E-state index in [4.69, 9.17) is 4.52 Å². The van der Waals surface area contributed by atoms with Gasteiger partial charge in [0.1, 0.15) is 5.82 Å². The summed E-state index contributed by atoms with van der Waals surface area (Å²) in [6.45, 7) is 9.37. The summed E-state index contributed by atoms with van der Waals surface area (Å²) in [5, 5.41) is 4.03. The number of hydrogen-bond donors (Lipinski definition) is 0. The van der Waals surface area contributed by atoms with Crippen LogP contribution in [0.15, 0.2) is 10.7 Å². The molecule has 0 radical (unpaired) electrons. The zero-order valence-electron chi connectivity index (χ0n) is 18.0. The average molecular weight is 412 g/mol. The van der Waals surface area contributed by atoms with Crippen LogP contribution < -0.4 is 0 Å². The first-order chi connectivity index (χ1) is 14.3. The summed E-state index contributed by atoms with van der Waals surface area (Å²) in [7, 11) is 0. The van der Waals surface area contributed by atoms with E-state index in [0.29, 0.717) is 43.6 Å². The van der Waals surface area contributed by atoms with Gasteiger partial charge < -0.3 is 14.3 Å². The lowest BCUT2D eigenvalue weighted by atomic mass is 9.91. The normalized spacial score (nSPS) is 22.2. The van der Waals surface area contributed by atoms with Gasteiger partial charge in [-0.05, 0) is 33.6 Å². The Labute approximate surface area is 175 Å². The van der Waals surface area contributed by atoms with Gasteiger partial charge in [0.15, 0.2) is 0 Å². The summed E-state index contributed by atoms with van der Waals surface area (Å²) in [5.41, 5.74) is 1.60. The van der Waals surface area contributed by atoms with Crippen molar-refractivity contribution in [2.24, 2.45) is 5.92 Å². The minimum atomic E-state index is -0.259. The van der Waals surface area contributed by atoms with Crippen molar-refractivity contribution in [3.63, 3.8) is 0 Å². The zero-order valence-corrected chi connectivity index (χ0v) is 18.0. The summed E-state index contributed by atoms with van der Waals surface area (Å²) in [6.07, 6.45) is 3.85. The maximum absolute atomic E-state index is 13.2. The smallest absolute Gasteiger partial charge is 0.228 e. The number of aromatic nitrogens is 4. The van der Waals surface area contributed by atoms with Gasteiger partial charge in [-0.2, -0.15) is 4.98 Å². The molecule has 0 aliphatic carbocycles. The van der Waals surface area contributed by atoms with Crippen LogP contribution in [0, 0.1) is 19.8 Å². The van der Waals surface area contributed by atoms with Crippen molar-refractivity contribution < 1.29 is 14.1 Å². The number of carbonyl (C=O) groups excluding carboxylic acids is 2. The molecule has 9 nitrogen and oxygen atoms in total. The Bertz CT molecular complexity index is 956. The molecule has 4 heterocycles. The van der Waals surface area contributed by atoms with Crippen molar-refractivity contribution in [2.45, 2.75) is 58.9 Å². The lowest BCUT2D eigenvalue weighted by Crippen LogP contribution is -2.43. The predicted octanol–water partition coefficient (Wildman–Crippen LogP) is 2.11. The van der Waals surface area contributed by atoms with Gasteiger partial charge in [-0.15, -0.1) is 0 Å². The third-order valence-electron chi connectivity index (χ3n) is 5.96. The third kappa shape index (κ3) is 3.93. The number of carbonyl (C=O) groups is 2. The number of piperidine rings is 1. The summed E-state index contributed by atoms with van der Waals surface area (Å²) in [4.78, 5) is 42.5. The first-order valence-electron chi connectivity index (χ1n) is 10.6. The first-order valence-corrected chi connectivity index (χ1v) is 10.6. The molecule has 0 N–H and O–H groups in total. The van der Waals surface area contributed by atoms with Crippen LogP contribution in [0.2, 0.25) is 0 Å². The summed E-state index contributed by atoms with van der Waals surface area (Å²) < 4.78 is 5.14. The predicted molar refractivity (Wildman–Crippen MR) is 108 cm³/mol. The van der Waals surface area contributed by atoms with Crippen molar-refractivity contribution >= 4 is 11.8 Å². The number of likely N-dealkylation sites (tertiary alicyclic amines) is 2. The molecular formula is C21H28N6O3. The molecule has 0 aromatic carbocycles. The number of amides is 2. The van der Waals surface area contributed by atoms with Crippen molar-refractivity contribution in [1.82, 2.24) is 29.9 Å². The molecule has 2 amide bonds. The minimum absolute atomic E-state index is 0.0662. The average Bonchev–Trinajstić information content (AvgIpc) is 3.33. The van der Waals surface area contributed by atoms with E-state index in [0.717, 1.165) is 24.1 Å². The molecule has 2 aliphatic heterocycles. The zero-order chi connectivity index (χ0) is 21.4. The second-order valence-electron chi connectivity index (χ2n) is 8.52. The van der Waals surface area contributed by atoms with Crippen LogP contribution in [-0.4, -0.2) is 67.4 Å². The third-order valence-corrected chi connectivity index (χ3v) is 5.96. The van der Waals surface area contributed by atoms with Crippen molar-refractivity contribution in [2.75, 3.05) is 19.6 Å². The standard InChI is InChI=1S/C21H28N6O3/c1-12(2)27-11-16(8-18(27)28)21(29)26-7-5-6-15(10-26)19-17(9-22-13(3)23-19)20-24-14(4)30-25-20/h9,12,15-16H,5-8,10-11H2,1-4H3/t15-,16-/m1/s1.